The van der Waals surface area contributed by atoms with E-state index in [0.29, 0.717) is 28.8 Å². The largest absolute Gasteiger partial charge is 0.303 e. The molecule has 2 unspecified atom stereocenters. The molecule has 218 valence electrons. The van der Waals surface area contributed by atoms with Crippen molar-refractivity contribution in [2.24, 2.45) is 5.92 Å². The molecule has 0 radical (unpaired) electrons. The standard InChI is InChI=1S/C31H43N3O4S2/c1-4-34(40(37,38)31-17-15-26(2)16-18-31)29-20-23-33(24-21-29)22-19-28(27-11-7-5-8-12-27)25-32(3)39(35,36)30-13-9-6-10-14-30/h5-15,17-18,26,28-29H,4,16,19-25H2,1-3H3. The van der Waals surface area contributed by atoms with E-state index < -0.39 is 20.0 Å². The Morgan fingerprint density at radius 3 is 2.12 bits per heavy atom. The molecule has 1 saturated heterocycles. The summed E-state index contributed by atoms with van der Waals surface area (Å²) in [4.78, 5) is 3.12. The third kappa shape index (κ3) is 7.31. The van der Waals surface area contributed by atoms with Crippen LogP contribution in [-0.2, 0) is 20.0 Å². The molecule has 9 heteroatoms. The van der Waals surface area contributed by atoms with Gasteiger partial charge in [-0.3, -0.25) is 0 Å². The van der Waals surface area contributed by atoms with E-state index in [1.54, 1.807) is 41.7 Å². The summed E-state index contributed by atoms with van der Waals surface area (Å²) >= 11 is 0. The van der Waals surface area contributed by atoms with Crippen LogP contribution >= 0.6 is 0 Å². The van der Waals surface area contributed by atoms with Gasteiger partial charge in [-0.25, -0.2) is 21.1 Å². The minimum absolute atomic E-state index is 0.00744. The van der Waals surface area contributed by atoms with Gasteiger partial charge in [0.1, 0.15) is 0 Å². The lowest BCUT2D eigenvalue weighted by Crippen LogP contribution is -2.47. The fourth-order valence-electron chi connectivity index (χ4n) is 5.70. The Bertz CT molecular complexity index is 1370. The van der Waals surface area contributed by atoms with Crippen LogP contribution in [0.15, 0.2) is 88.7 Å². The first-order valence-corrected chi connectivity index (χ1v) is 17.2. The van der Waals surface area contributed by atoms with Gasteiger partial charge in [-0.2, -0.15) is 4.31 Å². The van der Waals surface area contributed by atoms with E-state index in [1.807, 2.05) is 43.3 Å². The SMILES string of the molecule is CCN(C1CCN(CCC(CN(C)S(=O)(=O)c2ccccc2)c2ccccc2)CC1)S(=O)(=O)C1=CCC(C)C=C1. The Morgan fingerprint density at radius 2 is 1.55 bits per heavy atom. The van der Waals surface area contributed by atoms with Crippen LogP contribution in [0.3, 0.4) is 0 Å². The molecule has 4 rings (SSSR count). The number of rotatable bonds is 12. The topological polar surface area (TPSA) is 78.0 Å². The number of allylic oxidation sites excluding steroid dienone is 3. The van der Waals surface area contributed by atoms with Crippen LogP contribution in [-0.4, -0.2) is 76.2 Å². The van der Waals surface area contributed by atoms with Gasteiger partial charge in [0, 0.05) is 26.2 Å². The van der Waals surface area contributed by atoms with Crippen molar-refractivity contribution in [1.82, 2.24) is 13.5 Å². The number of likely N-dealkylation sites (tertiary alicyclic amines) is 1. The first-order chi connectivity index (χ1) is 19.1. The molecule has 1 heterocycles. The molecule has 1 aliphatic carbocycles. The highest BCUT2D eigenvalue weighted by atomic mass is 32.2. The van der Waals surface area contributed by atoms with Gasteiger partial charge in [0.2, 0.25) is 20.0 Å². The summed E-state index contributed by atoms with van der Waals surface area (Å²) in [5, 5.41) is 0. The fraction of sp³-hybridized carbons (Fsp3) is 0.484. The van der Waals surface area contributed by atoms with E-state index in [0.717, 1.165) is 50.9 Å². The molecule has 1 aliphatic heterocycles. The fourth-order valence-corrected chi connectivity index (χ4v) is 8.71. The van der Waals surface area contributed by atoms with Crippen LogP contribution in [0.2, 0.25) is 0 Å². The zero-order chi connectivity index (χ0) is 28.8. The van der Waals surface area contributed by atoms with E-state index in [2.05, 4.69) is 24.0 Å². The summed E-state index contributed by atoms with van der Waals surface area (Å²) in [6.07, 6.45) is 8.75. The van der Waals surface area contributed by atoms with E-state index >= 15 is 0 Å². The monoisotopic (exact) mass is 585 g/mol. The van der Waals surface area contributed by atoms with Crippen molar-refractivity contribution >= 4 is 20.0 Å². The van der Waals surface area contributed by atoms with E-state index in [4.69, 9.17) is 0 Å². The molecule has 0 N–H and O–H groups in total. The van der Waals surface area contributed by atoms with Crippen molar-refractivity contribution in [3.63, 3.8) is 0 Å². The highest BCUT2D eigenvalue weighted by Crippen LogP contribution is 2.29. The number of benzene rings is 2. The first kappa shape index (κ1) is 30.7. The number of sulfonamides is 2. The lowest BCUT2D eigenvalue weighted by molar-refractivity contribution is 0.157. The second-order valence-corrected chi connectivity index (χ2v) is 14.9. The molecule has 40 heavy (non-hydrogen) atoms. The van der Waals surface area contributed by atoms with Gasteiger partial charge in [0.15, 0.2) is 0 Å². The maximum atomic E-state index is 13.4. The maximum Gasteiger partial charge on any atom is 0.242 e. The highest BCUT2D eigenvalue weighted by Gasteiger charge is 2.34. The molecule has 2 atom stereocenters. The van der Waals surface area contributed by atoms with Gasteiger partial charge < -0.3 is 4.90 Å². The van der Waals surface area contributed by atoms with Crippen LogP contribution in [0.1, 0.15) is 51.0 Å². The number of nitrogens with zero attached hydrogens (tertiary/aromatic N) is 3. The van der Waals surface area contributed by atoms with Gasteiger partial charge in [0.05, 0.1) is 9.80 Å². The smallest absolute Gasteiger partial charge is 0.242 e. The highest BCUT2D eigenvalue weighted by molar-refractivity contribution is 7.93. The van der Waals surface area contributed by atoms with Crippen LogP contribution in [0.4, 0.5) is 0 Å². The van der Waals surface area contributed by atoms with E-state index in [1.165, 1.54) is 4.31 Å². The number of likely N-dealkylation sites (N-methyl/N-ethyl adjacent to an activating group) is 1. The Balaban J connectivity index is 1.38. The van der Waals surface area contributed by atoms with Gasteiger partial charge >= 0.3 is 0 Å². The van der Waals surface area contributed by atoms with Crippen molar-refractivity contribution in [2.75, 3.05) is 39.8 Å². The van der Waals surface area contributed by atoms with Crippen LogP contribution in [0.25, 0.3) is 0 Å². The summed E-state index contributed by atoms with van der Waals surface area (Å²) in [6, 6.07) is 18.7. The Kier molecular flexibility index (Phi) is 10.4. The predicted molar refractivity (Wildman–Crippen MR) is 162 cm³/mol. The zero-order valence-corrected chi connectivity index (χ0v) is 25.5. The average molecular weight is 586 g/mol. The Labute approximate surface area is 241 Å². The van der Waals surface area contributed by atoms with Crippen molar-refractivity contribution in [3.8, 4) is 0 Å². The lowest BCUT2D eigenvalue weighted by Gasteiger charge is -2.38. The molecular formula is C31H43N3O4S2. The van der Waals surface area contributed by atoms with E-state index in [-0.39, 0.29) is 12.0 Å². The molecule has 1 fully saturated rings. The van der Waals surface area contributed by atoms with Gasteiger partial charge in [-0.05, 0) is 80.9 Å². The maximum absolute atomic E-state index is 13.4. The molecule has 0 spiro atoms. The molecule has 7 nitrogen and oxygen atoms in total. The predicted octanol–water partition coefficient (Wildman–Crippen LogP) is 5.08. The first-order valence-electron chi connectivity index (χ1n) is 14.3. The molecule has 0 saturated carbocycles. The number of hydrogen-bond acceptors (Lipinski definition) is 5. The Morgan fingerprint density at radius 1 is 0.925 bits per heavy atom. The molecule has 2 aromatic rings. The molecular weight excluding hydrogens is 542 g/mol. The normalized spacial score (nSPS) is 20.1. The summed E-state index contributed by atoms with van der Waals surface area (Å²) in [7, 11) is -5.43. The summed E-state index contributed by atoms with van der Waals surface area (Å²) in [5.41, 5.74) is 1.12. The van der Waals surface area contributed by atoms with Gasteiger partial charge in [-0.15, -0.1) is 0 Å². The summed E-state index contributed by atoms with van der Waals surface area (Å²) in [6.45, 7) is 7.34. The number of hydrogen-bond donors (Lipinski definition) is 0. The third-order valence-corrected chi connectivity index (χ3v) is 12.1. The summed E-state index contributed by atoms with van der Waals surface area (Å²) < 4.78 is 56.4. The molecule has 0 aromatic heterocycles. The second kappa shape index (κ2) is 13.6. The van der Waals surface area contributed by atoms with Crippen molar-refractivity contribution in [2.45, 2.75) is 56.4 Å². The molecule has 2 aliphatic rings. The van der Waals surface area contributed by atoms with Crippen molar-refractivity contribution in [1.29, 1.82) is 0 Å². The Hall–Kier alpha value is -2.30. The quantitative estimate of drug-likeness (QED) is 0.347. The van der Waals surface area contributed by atoms with Crippen LogP contribution < -0.4 is 0 Å². The van der Waals surface area contributed by atoms with Crippen LogP contribution in [0.5, 0.6) is 0 Å². The summed E-state index contributed by atoms with van der Waals surface area (Å²) in [5.74, 6) is 0.414. The van der Waals surface area contributed by atoms with E-state index in [9.17, 15) is 16.8 Å². The minimum Gasteiger partial charge on any atom is -0.303 e. The molecule has 0 bridgehead atoms. The zero-order valence-electron chi connectivity index (χ0n) is 23.9. The minimum atomic E-state index is -3.58. The molecule has 0 amide bonds. The number of piperidine rings is 1. The molecule has 2 aromatic carbocycles. The average Bonchev–Trinajstić information content (AvgIpc) is 2.97. The lowest BCUT2D eigenvalue weighted by atomic mass is 9.94. The van der Waals surface area contributed by atoms with Gasteiger partial charge in [-0.1, -0.05) is 74.5 Å². The second-order valence-electron chi connectivity index (χ2n) is 11.0. The van der Waals surface area contributed by atoms with Crippen molar-refractivity contribution < 1.29 is 16.8 Å². The van der Waals surface area contributed by atoms with Crippen LogP contribution in [0, 0.1) is 5.92 Å². The van der Waals surface area contributed by atoms with Crippen molar-refractivity contribution in [3.05, 3.63) is 89.4 Å². The third-order valence-electron chi connectivity index (χ3n) is 8.16. The van der Waals surface area contributed by atoms with Gasteiger partial charge in [0.25, 0.3) is 0 Å².